The molecule has 0 radical (unpaired) electrons. The molecule has 0 amide bonds. The van der Waals surface area contributed by atoms with Crippen LogP contribution in [0.25, 0.3) is 0 Å². The van der Waals surface area contributed by atoms with E-state index in [2.05, 4.69) is 9.71 Å². The molecule has 1 aromatic rings. The van der Waals surface area contributed by atoms with Crippen LogP contribution in [0.5, 0.6) is 0 Å². The highest BCUT2D eigenvalue weighted by Crippen LogP contribution is 2.22. The summed E-state index contributed by atoms with van der Waals surface area (Å²) >= 11 is 1.42. The summed E-state index contributed by atoms with van der Waals surface area (Å²) in [6, 6.07) is -0.666. The Balaban J connectivity index is 2.08. The van der Waals surface area contributed by atoms with Crippen LogP contribution in [-0.2, 0) is 10.2 Å². The van der Waals surface area contributed by atoms with Crippen LogP contribution in [0.2, 0.25) is 0 Å². The molecule has 1 saturated heterocycles. The number of aliphatic hydroxyl groups is 1. The number of aliphatic hydroxyl groups excluding tert-OH is 1. The first kappa shape index (κ1) is 14.9. The van der Waals surface area contributed by atoms with Gasteiger partial charge in [0.05, 0.1) is 12.6 Å². The van der Waals surface area contributed by atoms with Crippen LogP contribution in [0.15, 0.2) is 11.6 Å². The molecule has 1 fully saturated rings. The van der Waals surface area contributed by atoms with Crippen molar-refractivity contribution in [2.75, 3.05) is 13.2 Å². The number of nitrogens with zero attached hydrogens (tertiary/aromatic N) is 2. The van der Waals surface area contributed by atoms with Crippen LogP contribution in [0.4, 0.5) is 0 Å². The van der Waals surface area contributed by atoms with E-state index in [1.807, 2.05) is 5.38 Å². The predicted octanol–water partition coefficient (Wildman–Crippen LogP) is 0.885. The summed E-state index contributed by atoms with van der Waals surface area (Å²) in [6.45, 7) is 2.10. The molecule has 0 aromatic carbocycles. The molecule has 0 saturated carbocycles. The van der Waals surface area contributed by atoms with E-state index < -0.39 is 10.2 Å². The maximum absolute atomic E-state index is 12.3. The molecule has 2 unspecified atom stereocenters. The van der Waals surface area contributed by atoms with Crippen LogP contribution < -0.4 is 4.72 Å². The van der Waals surface area contributed by atoms with E-state index >= 15 is 0 Å². The van der Waals surface area contributed by atoms with Gasteiger partial charge in [-0.2, -0.15) is 17.4 Å². The normalized spacial score (nSPS) is 23.4. The van der Waals surface area contributed by atoms with E-state index in [4.69, 9.17) is 0 Å². The van der Waals surface area contributed by atoms with Gasteiger partial charge in [-0.25, -0.2) is 4.98 Å². The summed E-state index contributed by atoms with van der Waals surface area (Å²) < 4.78 is 28.7. The van der Waals surface area contributed by atoms with E-state index in [1.165, 1.54) is 15.6 Å². The molecule has 19 heavy (non-hydrogen) atoms. The summed E-state index contributed by atoms with van der Waals surface area (Å²) in [5.74, 6) is 0. The van der Waals surface area contributed by atoms with Crippen LogP contribution in [0, 0.1) is 0 Å². The highest BCUT2D eigenvalue weighted by atomic mass is 32.2. The smallest absolute Gasteiger partial charge is 0.280 e. The van der Waals surface area contributed by atoms with Gasteiger partial charge in [0.1, 0.15) is 5.01 Å². The number of hydrogen-bond acceptors (Lipinski definition) is 5. The summed E-state index contributed by atoms with van der Waals surface area (Å²) in [5.41, 5.74) is 0. The highest BCUT2D eigenvalue weighted by molar-refractivity contribution is 7.87. The number of rotatable bonds is 5. The Hall–Kier alpha value is -0.540. The standard InChI is InChI=1S/C11H19N3O3S2/c1-9(11-12-5-7-18-11)13-19(16,17)14-6-3-2-4-10(14)8-15/h5,7,9-10,13,15H,2-4,6,8H2,1H3. The number of piperidine rings is 1. The Morgan fingerprint density at radius 1 is 1.63 bits per heavy atom. The Kier molecular flexibility index (Phi) is 4.91. The molecular weight excluding hydrogens is 286 g/mol. The molecule has 1 aliphatic heterocycles. The highest BCUT2D eigenvalue weighted by Gasteiger charge is 2.33. The van der Waals surface area contributed by atoms with Crippen molar-refractivity contribution in [2.45, 2.75) is 38.3 Å². The van der Waals surface area contributed by atoms with Gasteiger partial charge in [0.15, 0.2) is 0 Å². The van der Waals surface area contributed by atoms with Crippen LogP contribution in [0.3, 0.4) is 0 Å². The first-order valence-electron chi connectivity index (χ1n) is 6.34. The van der Waals surface area contributed by atoms with Crippen LogP contribution >= 0.6 is 11.3 Å². The zero-order chi connectivity index (χ0) is 13.9. The van der Waals surface area contributed by atoms with Gasteiger partial charge in [-0.05, 0) is 19.8 Å². The maximum Gasteiger partial charge on any atom is 0.280 e. The third-order valence-corrected chi connectivity index (χ3v) is 5.95. The fourth-order valence-corrected chi connectivity index (χ4v) is 4.61. The summed E-state index contributed by atoms with van der Waals surface area (Å²) in [5, 5.41) is 11.9. The van der Waals surface area contributed by atoms with Crippen LogP contribution in [-0.4, -0.2) is 42.0 Å². The number of aromatic nitrogens is 1. The second kappa shape index (κ2) is 6.27. The molecule has 108 valence electrons. The van der Waals surface area contributed by atoms with Crippen LogP contribution in [0.1, 0.15) is 37.2 Å². The summed E-state index contributed by atoms with van der Waals surface area (Å²) in [6.07, 6.45) is 4.16. The summed E-state index contributed by atoms with van der Waals surface area (Å²) in [4.78, 5) is 4.11. The average molecular weight is 305 g/mol. The second-order valence-corrected chi connectivity index (χ2v) is 7.24. The number of thiazole rings is 1. The van der Waals surface area contributed by atoms with Gasteiger partial charge in [0.2, 0.25) is 0 Å². The average Bonchev–Trinajstić information content (AvgIpc) is 2.92. The molecule has 2 N–H and O–H groups in total. The topological polar surface area (TPSA) is 82.5 Å². The van der Waals surface area contributed by atoms with Crippen molar-refractivity contribution in [3.63, 3.8) is 0 Å². The minimum absolute atomic E-state index is 0.132. The molecule has 8 heteroatoms. The van der Waals surface area contributed by atoms with Crippen molar-refractivity contribution in [2.24, 2.45) is 0 Å². The van der Waals surface area contributed by atoms with Gasteiger partial charge in [-0.15, -0.1) is 11.3 Å². The molecule has 6 nitrogen and oxygen atoms in total. The van der Waals surface area contributed by atoms with Crippen molar-refractivity contribution in [3.8, 4) is 0 Å². The predicted molar refractivity (Wildman–Crippen MR) is 74.0 cm³/mol. The third kappa shape index (κ3) is 3.51. The van der Waals surface area contributed by atoms with Gasteiger partial charge in [0, 0.05) is 24.2 Å². The number of nitrogens with one attached hydrogen (secondary N) is 1. The molecule has 0 bridgehead atoms. The van der Waals surface area contributed by atoms with Gasteiger partial charge in [-0.3, -0.25) is 0 Å². The van der Waals surface area contributed by atoms with Gasteiger partial charge in [-0.1, -0.05) is 6.42 Å². The quantitative estimate of drug-likeness (QED) is 0.846. The first-order chi connectivity index (χ1) is 9.04. The lowest BCUT2D eigenvalue weighted by atomic mass is 10.1. The van der Waals surface area contributed by atoms with Crippen molar-refractivity contribution >= 4 is 21.5 Å². The van der Waals surface area contributed by atoms with Crippen molar-refractivity contribution in [1.29, 1.82) is 0 Å². The lowest BCUT2D eigenvalue weighted by molar-refractivity contribution is 0.153. The monoisotopic (exact) mass is 305 g/mol. The van der Waals surface area contributed by atoms with E-state index in [1.54, 1.807) is 13.1 Å². The zero-order valence-corrected chi connectivity index (χ0v) is 12.5. The Labute approximate surface area is 117 Å². The molecule has 1 aromatic heterocycles. The number of hydrogen-bond donors (Lipinski definition) is 2. The van der Waals surface area contributed by atoms with E-state index in [9.17, 15) is 13.5 Å². The first-order valence-corrected chi connectivity index (χ1v) is 8.66. The Morgan fingerprint density at radius 2 is 2.42 bits per heavy atom. The third-order valence-electron chi connectivity index (χ3n) is 3.24. The Morgan fingerprint density at radius 3 is 3.05 bits per heavy atom. The minimum atomic E-state index is -3.58. The van der Waals surface area contributed by atoms with Crippen molar-refractivity contribution < 1.29 is 13.5 Å². The molecule has 2 heterocycles. The summed E-state index contributed by atoms with van der Waals surface area (Å²) in [7, 11) is -3.58. The van der Waals surface area contributed by atoms with E-state index in [0.29, 0.717) is 13.0 Å². The largest absolute Gasteiger partial charge is 0.395 e. The molecule has 0 aliphatic carbocycles. The molecule has 1 aliphatic rings. The molecule has 0 spiro atoms. The molecular formula is C11H19N3O3S2. The second-order valence-electron chi connectivity index (χ2n) is 4.66. The van der Waals surface area contributed by atoms with Gasteiger partial charge < -0.3 is 5.11 Å². The van der Waals surface area contributed by atoms with Crippen molar-refractivity contribution in [1.82, 2.24) is 14.0 Å². The maximum atomic E-state index is 12.3. The fraction of sp³-hybridized carbons (Fsp3) is 0.727. The van der Waals surface area contributed by atoms with Gasteiger partial charge in [0.25, 0.3) is 10.2 Å². The lowest BCUT2D eigenvalue weighted by Gasteiger charge is -2.34. The zero-order valence-electron chi connectivity index (χ0n) is 10.8. The van der Waals surface area contributed by atoms with Crippen molar-refractivity contribution in [3.05, 3.63) is 16.6 Å². The van der Waals surface area contributed by atoms with Gasteiger partial charge >= 0.3 is 0 Å². The van der Waals surface area contributed by atoms with E-state index in [-0.39, 0.29) is 18.7 Å². The lowest BCUT2D eigenvalue weighted by Crippen LogP contribution is -2.50. The fourth-order valence-electron chi connectivity index (χ4n) is 2.26. The van der Waals surface area contributed by atoms with E-state index in [0.717, 1.165) is 17.8 Å². The molecule has 2 rings (SSSR count). The minimum Gasteiger partial charge on any atom is -0.395 e. The SMILES string of the molecule is CC(NS(=O)(=O)N1CCCCC1CO)c1nccs1. The Bertz CT molecular complexity index is 489. The molecule has 2 atom stereocenters.